The van der Waals surface area contributed by atoms with E-state index in [-0.39, 0.29) is 17.2 Å². The van der Waals surface area contributed by atoms with Gasteiger partial charge in [-0.3, -0.25) is 9.47 Å². The van der Waals surface area contributed by atoms with Crippen LogP contribution in [-0.4, -0.2) is 22.9 Å². The number of hydrogen-bond donors (Lipinski definition) is 2. The fourth-order valence-electron chi connectivity index (χ4n) is 3.60. The molecule has 2 atom stereocenters. The second kappa shape index (κ2) is 7.87. The van der Waals surface area contributed by atoms with E-state index in [9.17, 15) is 4.79 Å². The van der Waals surface area contributed by atoms with Crippen LogP contribution in [0.1, 0.15) is 28.4 Å². The van der Waals surface area contributed by atoms with Crippen LogP contribution in [0, 0.1) is 20.8 Å². The van der Waals surface area contributed by atoms with Gasteiger partial charge in [0, 0.05) is 11.4 Å². The van der Waals surface area contributed by atoms with Gasteiger partial charge in [0.2, 0.25) is 5.91 Å². The summed E-state index contributed by atoms with van der Waals surface area (Å²) in [5.41, 5.74) is 8.78. The van der Waals surface area contributed by atoms with E-state index in [4.69, 9.17) is 4.74 Å². The normalized spacial score (nSPS) is 17.9. The van der Waals surface area contributed by atoms with E-state index in [1.54, 1.807) is 18.9 Å². The third kappa shape index (κ3) is 3.85. The molecule has 150 valence electrons. The van der Waals surface area contributed by atoms with E-state index in [1.165, 1.54) is 5.56 Å². The van der Waals surface area contributed by atoms with Crippen molar-refractivity contribution in [1.82, 2.24) is 4.68 Å². The molecular weight excluding hydrogens is 382 g/mol. The summed E-state index contributed by atoms with van der Waals surface area (Å²) in [7, 11) is 1.65. The van der Waals surface area contributed by atoms with Gasteiger partial charge in [0.25, 0.3) is 0 Å². The van der Waals surface area contributed by atoms with E-state index in [0.717, 1.165) is 33.3 Å². The molecule has 2 aromatic carbocycles. The minimum atomic E-state index is -0.314. The summed E-state index contributed by atoms with van der Waals surface area (Å²) in [5, 5.41) is 3.85. The van der Waals surface area contributed by atoms with Gasteiger partial charge in [0.15, 0.2) is 0 Å². The molecule has 1 aliphatic rings. The molecule has 1 amide bonds. The Morgan fingerprint density at radius 2 is 1.83 bits per heavy atom. The maximum Gasteiger partial charge on any atom is 0.240 e. The summed E-state index contributed by atoms with van der Waals surface area (Å²) in [5.74, 6) is 0.784. The molecule has 0 aliphatic carbocycles. The molecule has 2 N–H and O–H groups in total. The van der Waals surface area contributed by atoms with E-state index in [0.29, 0.717) is 0 Å². The predicted molar refractivity (Wildman–Crippen MR) is 118 cm³/mol. The largest absolute Gasteiger partial charge is 0.497 e. The number of thioether (sulfide) groups is 1. The van der Waals surface area contributed by atoms with Crippen molar-refractivity contribution in [3.63, 3.8) is 0 Å². The molecule has 1 aromatic heterocycles. The third-order valence-electron chi connectivity index (χ3n) is 5.23. The molecule has 2 heterocycles. The number of carbonyl (C=O) groups excluding carboxylic acids is 1. The second-order valence-electron chi connectivity index (χ2n) is 7.37. The van der Waals surface area contributed by atoms with Gasteiger partial charge in [0.1, 0.15) is 11.0 Å². The Labute approximate surface area is 175 Å². The van der Waals surface area contributed by atoms with Crippen LogP contribution in [0.25, 0.3) is 0 Å². The average Bonchev–Trinajstić information content (AvgIpc) is 3.09. The Balaban J connectivity index is 1.66. The van der Waals surface area contributed by atoms with Crippen LogP contribution < -0.4 is 15.5 Å². The first-order valence-corrected chi connectivity index (χ1v) is 10.5. The van der Waals surface area contributed by atoms with Crippen LogP contribution in [0.4, 0.5) is 5.69 Å². The summed E-state index contributed by atoms with van der Waals surface area (Å²) < 4.78 is 7.34. The molecule has 0 unspecified atom stereocenters. The number of rotatable bonds is 4. The maximum atomic E-state index is 13.3. The number of nitrogens with zero attached hydrogens (tertiary/aromatic N) is 1. The molecule has 0 spiro atoms. The van der Waals surface area contributed by atoms with Crippen molar-refractivity contribution in [3.05, 3.63) is 77.0 Å². The minimum absolute atomic E-state index is 0.0135. The van der Waals surface area contributed by atoms with Crippen molar-refractivity contribution in [2.75, 3.05) is 17.9 Å². The molecule has 0 radical (unpaired) electrons. The Hall–Kier alpha value is -2.86. The quantitative estimate of drug-likeness (QED) is 0.651. The Morgan fingerprint density at radius 1 is 1.07 bits per heavy atom. The van der Waals surface area contributed by atoms with Crippen molar-refractivity contribution < 1.29 is 9.53 Å². The number of aromatic nitrogens is 1. The van der Waals surface area contributed by atoms with Crippen LogP contribution in [0.2, 0.25) is 0 Å². The van der Waals surface area contributed by atoms with Gasteiger partial charge in [-0.2, -0.15) is 0 Å². The number of anilines is 1. The van der Waals surface area contributed by atoms with Crippen LogP contribution in [0.3, 0.4) is 0 Å². The van der Waals surface area contributed by atoms with E-state index < -0.39 is 0 Å². The zero-order valence-electron chi connectivity index (χ0n) is 17.0. The average molecular weight is 408 g/mol. The van der Waals surface area contributed by atoms with Crippen molar-refractivity contribution in [2.24, 2.45) is 0 Å². The summed E-state index contributed by atoms with van der Waals surface area (Å²) in [6, 6.07) is 17.9. The minimum Gasteiger partial charge on any atom is -0.497 e. The molecule has 6 heteroatoms. The highest BCUT2D eigenvalue weighted by Crippen LogP contribution is 2.39. The van der Waals surface area contributed by atoms with E-state index >= 15 is 0 Å². The molecule has 29 heavy (non-hydrogen) atoms. The lowest BCUT2D eigenvalue weighted by Crippen LogP contribution is -2.41. The lowest BCUT2D eigenvalue weighted by molar-refractivity contribution is -0.116. The highest BCUT2D eigenvalue weighted by Gasteiger charge is 2.36. The van der Waals surface area contributed by atoms with Crippen LogP contribution in [0.5, 0.6) is 5.75 Å². The van der Waals surface area contributed by atoms with Gasteiger partial charge in [-0.15, -0.1) is 0 Å². The van der Waals surface area contributed by atoms with Crippen molar-refractivity contribution in [1.29, 1.82) is 0 Å². The predicted octanol–water partition coefficient (Wildman–Crippen LogP) is 4.82. The number of aryl methyl sites for hydroxylation is 3. The van der Waals surface area contributed by atoms with Crippen molar-refractivity contribution >= 4 is 23.4 Å². The van der Waals surface area contributed by atoms with Gasteiger partial charge in [-0.25, -0.2) is 0 Å². The molecule has 0 saturated heterocycles. The van der Waals surface area contributed by atoms with Gasteiger partial charge < -0.3 is 15.5 Å². The number of hydrogen-bond acceptors (Lipinski definition) is 4. The summed E-state index contributed by atoms with van der Waals surface area (Å²) in [6.45, 7) is 6.12. The number of methoxy groups -OCH3 is 1. The smallest absolute Gasteiger partial charge is 0.240 e. The number of fused-ring (bicyclic) bond motifs is 1. The number of benzene rings is 2. The van der Waals surface area contributed by atoms with Crippen LogP contribution >= 0.6 is 11.8 Å². The Kier molecular flexibility index (Phi) is 5.28. The van der Waals surface area contributed by atoms with Crippen molar-refractivity contribution in [2.45, 2.75) is 37.1 Å². The lowest BCUT2D eigenvalue weighted by Gasteiger charge is -2.34. The van der Waals surface area contributed by atoms with Gasteiger partial charge in [-0.05, 0) is 62.2 Å². The Bertz CT molecular complexity index is 1040. The second-order valence-corrected chi connectivity index (χ2v) is 8.54. The van der Waals surface area contributed by atoms with Crippen LogP contribution in [0.15, 0.2) is 59.6 Å². The summed E-state index contributed by atoms with van der Waals surface area (Å²) in [4.78, 5) is 13.3. The summed E-state index contributed by atoms with van der Waals surface area (Å²) in [6.07, 6.45) is 0. The standard InChI is InChI=1S/C23H25N3O2S/c1-14-5-11-19(15(2)13-14)24-23(27)22-21(17-7-9-18(28-4)10-8-17)25-26-16(3)6-12-20(26)29-22/h5-13,21-22,25H,1-4H3,(H,24,27)/t21-,22+/m0/s1. The Morgan fingerprint density at radius 3 is 2.52 bits per heavy atom. The first-order chi connectivity index (χ1) is 14.0. The lowest BCUT2D eigenvalue weighted by atomic mass is 10.0. The number of nitrogens with one attached hydrogen (secondary N) is 2. The molecular formula is C23H25N3O2S. The molecule has 4 rings (SSSR count). The molecule has 0 bridgehead atoms. The summed E-state index contributed by atoms with van der Waals surface area (Å²) >= 11 is 1.58. The molecule has 0 saturated carbocycles. The monoisotopic (exact) mass is 407 g/mol. The molecule has 1 aliphatic heterocycles. The maximum absolute atomic E-state index is 13.3. The first-order valence-electron chi connectivity index (χ1n) is 9.60. The first kappa shape index (κ1) is 19.5. The number of amides is 1. The molecule has 3 aromatic rings. The molecule has 0 fully saturated rings. The van der Waals surface area contributed by atoms with Gasteiger partial charge >= 0.3 is 0 Å². The van der Waals surface area contributed by atoms with E-state index in [1.807, 2.05) is 43.3 Å². The van der Waals surface area contributed by atoms with E-state index in [2.05, 4.69) is 47.5 Å². The van der Waals surface area contributed by atoms with Crippen molar-refractivity contribution in [3.8, 4) is 5.75 Å². The highest BCUT2D eigenvalue weighted by atomic mass is 32.2. The highest BCUT2D eigenvalue weighted by molar-refractivity contribution is 8.00. The fourth-order valence-corrected chi connectivity index (χ4v) is 4.83. The van der Waals surface area contributed by atoms with Crippen LogP contribution in [-0.2, 0) is 4.79 Å². The molecule has 5 nitrogen and oxygen atoms in total. The fraction of sp³-hybridized carbons (Fsp3) is 0.261. The zero-order valence-corrected chi connectivity index (χ0v) is 17.8. The zero-order chi connectivity index (χ0) is 20.5. The van der Waals surface area contributed by atoms with Gasteiger partial charge in [-0.1, -0.05) is 41.6 Å². The van der Waals surface area contributed by atoms with Gasteiger partial charge in [0.05, 0.1) is 18.2 Å². The number of ether oxygens (including phenoxy) is 1. The topological polar surface area (TPSA) is 55.3 Å². The third-order valence-corrected chi connectivity index (χ3v) is 6.53. The SMILES string of the molecule is COc1ccc([C@@H]2Nn3c(C)ccc3S[C@H]2C(=O)Nc2ccc(C)cc2C)cc1. The number of carbonyl (C=O) groups is 1.